The van der Waals surface area contributed by atoms with Crippen LogP contribution in [0.1, 0.15) is 24.8 Å². The average molecular weight is 198 g/mol. The summed E-state index contributed by atoms with van der Waals surface area (Å²) in [5.41, 5.74) is 0.889. The van der Waals surface area contributed by atoms with Crippen molar-refractivity contribution in [3.63, 3.8) is 0 Å². The fourth-order valence-electron chi connectivity index (χ4n) is 2.85. The van der Waals surface area contributed by atoms with Crippen LogP contribution in [0.2, 0.25) is 0 Å². The zero-order chi connectivity index (χ0) is 10.3. The number of carbonyl (C=O) groups is 1. The molecule has 2 bridgehead atoms. The van der Waals surface area contributed by atoms with Gasteiger partial charge in [-0.2, -0.15) is 0 Å². The molecule has 1 nitrogen and oxygen atoms in total. The van der Waals surface area contributed by atoms with Crippen molar-refractivity contribution < 1.29 is 4.79 Å². The lowest BCUT2D eigenvalue weighted by Crippen LogP contribution is -2.42. The lowest BCUT2D eigenvalue weighted by Gasteiger charge is -2.40. The molecule has 1 fully saturated rings. The number of ketones is 1. The summed E-state index contributed by atoms with van der Waals surface area (Å²) in [7, 11) is 0. The van der Waals surface area contributed by atoms with Crippen LogP contribution in [-0.2, 0) is 10.2 Å². The quantitative estimate of drug-likeness (QED) is 0.634. The molecule has 3 aliphatic carbocycles. The first-order valence-electron chi connectivity index (χ1n) is 5.59. The Kier molecular flexibility index (Phi) is 1.82. The fourth-order valence-corrected chi connectivity index (χ4v) is 2.85. The maximum Gasteiger partial charge on any atom is 0.147 e. The Balaban J connectivity index is 2.13. The van der Waals surface area contributed by atoms with Crippen LogP contribution in [0, 0.1) is 5.92 Å². The molecule has 0 amide bonds. The van der Waals surface area contributed by atoms with Crippen molar-refractivity contribution in [2.75, 3.05) is 0 Å². The summed E-state index contributed by atoms with van der Waals surface area (Å²) in [6.45, 7) is 0. The fraction of sp³-hybridized carbons (Fsp3) is 0.357. The number of benzene rings is 1. The SMILES string of the molecule is O=C1CC2C=CC1(c1ccccc1)CC2. The first-order chi connectivity index (χ1) is 7.31. The van der Waals surface area contributed by atoms with E-state index in [-0.39, 0.29) is 5.41 Å². The Morgan fingerprint density at radius 1 is 1.20 bits per heavy atom. The number of allylic oxidation sites excluding steroid dienone is 2. The molecule has 2 atom stereocenters. The van der Waals surface area contributed by atoms with Crippen LogP contribution in [0.5, 0.6) is 0 Å². The van der Waals surface area contributed by atoms with Crippen LogP contribution in [0.25, 0.3) is 0 Å². The van der Waals surface area contributed by atoms with Crippen molar-refractivity contribution in [1.82, 2.24) is 0 Å². The Morgan fingerprint density at radius 3 is 2.60 bits per heavy atom. The molecular weight excluding hydrogens is 184 g/mol. The van der Waals surface area contributed by atoms with Gasteiger partial charge in [-0.3, -0.25) is 4.79 Å². The second kappa shape index (κ2) is 3.06. The Morgan fingerprint density at radius 2 is 2.00 bits per heavy atom. The van der Waals surface area contributed by atoms with Gasteiger partial charge in [0.15, 0.2) is 0 Å². The molecule has 0 aliphatic heterocycles. The summed E-state index contributed by atoms with van der Waals surface area (Å²) in [6.07, 6.45) is 7.28. The van der Waals surface area contributed by atoms with E-state index in [1.165, 1.54) is 5.56 Å². The second-order valence-corrected chi connectivity index (χ2v) is 4.62. The molecule has 76 valence electrons. The van der Waals surface area contributed by atoms with E-state index in [9.17, 15) is 4.79 Å². The minimum absolute atomic E-state index is 0.282. The lowest BCUT2D eigenvalue weighted by molar-refractivity contribution is -0.126. The molecule has 0 heterocycles. The molecule has 0 radical (unpaired) electrons. The smallest absolute Gasteiger partial charge is 0.147 e. The van der Waals surface area contributed by atoms with Gasteiger partial charge in [-0.25, -0.2) is 0 Å². The average Bonchev–Trinajstić information content (AvgIpc) is 2.32. The van der Waals surface area contributed by atoms with E-state index in [1.54, 1.807) is 0 Å². The van der Waals surface area contributed by atoms with Crippen LogP contribution in [-0.4, -0.2) is 5.78 Å². The molecule has 0 N–H and O–H groups in total. The van der Waals surface area contributed by atoms with Crippen molar-refractivity contribution in [2.24, 2.45) is 5.92 Å². The zero-order valence-electron chi connectivity index (χ0n) is 8.65. The summed E-state index contributed by atoms with van der Waals surface area (Å²) in [5, 5.41) is 0. The van der Waals surface area contributed by atoms with E-state index in [1.807, 2.05) is 18.2 Å². The molecule has 3 aliphatic rings. The van der Waals surface area contributed by atoms with Gasteiger partial charge in [0.1, 0.15) is 5.78 Å². The summed E-state index contributed by atoms with van der Waals surface area (Å²) in [5.74, 6) is 0.926. The number of hydrogen-bond acceptors (Lipinski definition) is 1. The minimum Gasteiger partial charge on any atom is -0.298 e. The topological polar surface area (TPSA) is 17.1 Å². The molecule has 0 saturated heterocycles. The third kappa shape index (κ3) is 1.19. The number of carbonyl (C=O) groups excluding carboxylic acids is 1. The lowest BCUT2D eigenvalue weighted by atomic mass is 9.61. The molecule has 1 aromatic carbocycles. The van der Waals surface area contributed by atoms with Crippen molar-refractivity contribution in [3.05, 3.63) is 48.0 Å². The Hall–Kier alpha value is -1.37. The summed E-state index contributed by atoms with van der Waals surface area (Å²) < 4.78 is 0. The summed E-state index contributed by atoms with van der Waals surface area (Å²) in [6, 6.07) is 10.2. The van der Waals surface area contributed by atoms with E-state index in [2.05, 4.69) is 24.3 Å². The molecular formula is C14H14O. The van der Waals surface area contributed by atoms with Crippen LogP contribution in [0.4, 0.5) is 0 Å². The van der Waals surface area contributed by atoms with Gasteiger partial charge in [0.25, 0.3) is 0 Å². The molecule has 4 rings (SSSR count). The second-order valence-electron chi connectivity index (χ2n) is 4.62. The van der Waals surface area contributed by atoms with Gasteiger partial charge in [-0.05, 0) is 24.3 Å². The number of Topliss-reactive ketones (excluding diaryl/α,β-unsaturated/α-hetero) is 1. The molecule has 0 aromatic heterocycles. The highest BCUT2D eigenvalue weighted by Gasteiger charge is 2.44. The highest BCUT2D eigenvalue weighted by molar-refractivity contribution is 5.94. The Bertz CT molecular complexity index is 418. The van der Waals surface area contributed by atoms with Crippen LogP contribution in [0.3, 0.4) is 0 Å². The van der Waals surface area contributed by atoms with Crippen LogP contribution >= 0.6 is 0 Å². The van der Waals surface area contributed by atoms with E-state index in [4.69, 9.17) is 0 Å². The predicted octanol–water partition coefficient (Wildman–Crippen LogP) is 2.86. The number of rotatable bonds is 1. The molecule has 1 saturated carbocycles. The van der Waals surface area contributed by atoms with Crippen molar-refractivity contribution in [3.8, 4) is 0 Å². The maximum absolute atomic E-state index is 12.1. The van der Waals surface area contributed by atoms with Crippen LogP contribution in [0.15, 0.2) is 42.5 Å². The zero-order valence-corrected chi connectivity index (χ0v) is 8.65. The maximum atomic E-state index is 12.1. The predicted molar refractivity (Wildman–Crippen MR) is 59.6 cm³/mol. The van der Waals surface area contributed by atoms with Crippen molar-refractivity contribution in [1.29, 1.82) is 0 Å². The first-order valence-corrected chi connectivity index (χ1v) is 5.59. The largest absolute Gasteiger partial charge is 0.298 e. The van der Waals surface area contributed by atoms with Gasteiger partial charge in [0.05, 0.1) is 5.41 Å². The van der Waals surface area contributed by atoms with Gasteiger partial charge in [0, 0.05) is 6.42 Å². The van der Waals surface area contributed by atoms with Gasteiger partial charge in [-0.1, -0.05) is 42.5 Å². The normalized spacial score (nSPS) is 33.3. The highest BCUT2D eigenvalue weighted by atomic mass is 16.1. The minimum atomic E-state index is -0.282. The van der Waals surface area contributed by atoms with Gasteiger partial charge >= 0.3 is 0 Å². The highest BCUT2D eigenvalue weighted by Crippen LogP contribution is 2.44. The third-order valence-corrected chi connectivity index (χ3v) is 3.80. The number of fused-ring (bicyclic) bond motifs is 2. The summed E-state index contributed by atoms with van der Waals surface area (Å²) >= 11 is 0. The number of hydrogen-bond donors (Lipinski definition) is 0. The van der Waals surface area contributed by atoms with Crippen molar-refractivity contribution >= 4 is 5.78 Å². The standard InChI is InChI=1S/C14H14O/c15-13-10-11-6-8-14(13,9-7-11)12-4-2-1-3-5-12/h1-6,8,11H,7,9-10H2. The van der Waals surface area contributed by atoms with Gasteiger partial charge < -0.3 is 0 Å². The molecule has 2 unspecified atom stereocenters. The summed E-state index contributed by atoms with van der Waals surface area (Å²) in [4.78, 5) is 12.1. The van der Waals surface area contributed by atoms with E-state index in [0.29, 0.717) is 11.7 Å². The van der Waals surface area contributed by atoms with Gasteiger partial charge in [-0.15, -0.1) is 0 Å². The first kappa shape index (κ1) is 8.90. The van der Waals surface area contributed by atoms with Crippen molar-refractivity contribution in [2.45, 2.75) is 24.7 Å². The molecule has 0 spiro atoms. The molecule has 1 heteroatoms. The molecule has 1 aromatic rings. The van der Waals surface area contributed by atoms with Crippen LogP contribution < -0.4 is 0 Å². The van der Waals surface area contributed by atoms with Gasteiger partial charge in [0.2, 0.25) is 0 Å². The van der Waals surface area contributed by atoms with E-state index >= 15 is 0 Å². The third-order valence-electron chi connectivity index (χ3n) is 3.80. The van der Waals surface area contributed by atoms with E-state index < -0.39 is 0 Å². The monoisotopic (exact) mass is 198 g/mol. The Labute approximate surface area is 89.8 Å². The van der Waals surface area contributed by atoms with E-state index in [0.717, 1.165) is 19.3 Å². The molecule has 15 heavy (non-hydrogen) atoms.